The summed E-state index contributed by atoms with van der Waals surface area (Å²) < 4.78 is 60.7. The average Bonchev–Trinajstić information content (AvgIpc) is 1.63. The van der Waals surface area contributed by atoms with Crippen LogP contribution in [0.2, 0.25) is 35.2 Å². The zero-order valence-corrected chi connectivity index (χ0v) is 73.0. The van der Waals surface area contributed by atoms with Crippen molar-refractivity contribution in [3.63, 3.8) is 0 Å². The second-order valence-corrected chi connectivity index (χ2v) is 36.9. The number of hydrogen-bond donors (Lipinski definition) is 1. The van der Waals surface area contributed by atoms with Crippen LogP contribution in [-0.4, -0.2) is 237 Å². The minimum Gasteiger partial charge on any atom is -0.340 e. The summed E-state index contributed by atoms with van der Waals surface area (Å²) in [4.78, 5) is 73.0. The zero-order chi connectivity index (χ0) is 83.7. The van der Waals surface area contributed by atoms with Gasteiger partial charge in [-0.3, -0.25) is 65.4 Å². The van der Waals surface area contributed by atoms with E-state index in [0.717, 1.165) is 161 Å². The van der Waals surface area contributed by atoms with Gasteiger partial charge in [-0.1, -0.05) is 93.3 Å². The number of benzene rings is 4. The molecule has 119 heavy (non-hydrogen) atoms. The van der Waals surface area contributed by atoms with Crippen molar-refractivity contribution in [2.24, 2.45) is 0 Å². The second kappa shape index (κ2) is 36.3. The molecule has 0 spiro atoms. The molecule has 5 aliphatic rings. The molecule has 13 aromatic rings. The number of sulfonamides is 2. The summed E-state index contributed by atoms with van der Waals surface area (Å²) in [6.07, 6.45) is 20.9. The maximum Gasteiger partial charge on any atom is 0.233 e. The van der Waals surface area contributed by atoms with E-state index in [4.69, 9.17) is 101 Å². The summed E-state index contributed by atoms with van der Waals surface area (Å²) in [5.41, 5.74) is 15.4. The van der Waals surface area contributed by atoms with Gasteiger partial charge in [0.15, 0.2) is 22.8 Å². The Kier molecular flexibility index (Phi) is 25.9. The number of anilines is 2. The molecule has 0 bridgehead atoms. The lowest BCUT2D eigenvalue weighted by Crippen LogP contribution is -2.47. The molecule has 1 saturated carbocycles. The lowest BCUT2D eigenvalue weighted by molar-refractivity contribution is -0.131. The van der Waals surface area contributed by atoms with Gasteiger partial charge in [0.25, 0.3) is 0 Å². The van der Waals surface area contributed by atoms with E-state index in [1.54, 1.807) is 93.6 Å². The molecule has 0 unspecified atom stereocenters. The number of hydrogen-bond acceptors (Lipinski definition) is 20. The highest BCUT2D eigenvalue weighted by atomic mass is 35.5. The van der Waals surface area contributed by atoms with E-state index in [0.29, 0.717) is 111 Å². The number of imidazole rings is 4. The molecule has 13 heterocycles. The Bertz CT molecular complexity index is 6180. The highest BCUT2D eigenvalue weighted by Gasteiger charge is 2.31. The molecule has 4 aromatic carbocycles. The number of aromatic nitrogens is 14. The van der Waals surface area contributed by atoms with Gasteiger partial charge < -0.3 is 15.1 Å². The van der Waals surface area contributed by atoms with Crippen LogP contribution in [0, 0.1) is 0 Å². The van der Waals surface area contributed by atoms with Crippen LogP contribution in [0.4, 0.5) is 11.5 Å². The maximum absolute atomic E-state index is 12.1. The largest absolute Gasteiger partial charge is 0.340 e. The van der Waals surface area contributed by atoms with E-state index >= 15 is 0 Å². The summed E-state index contributed by atoms with van der Waals surface area (Å²) in [7, 11) is -3.91. The van der Waals surface area contributed by atoms with Crippen molar-refractivity contribution in [1.29, 1.82) is 0 Å². The van der Waals surface area contributed by atoms with E-state index in [2.05, 4.69) is 72.7 Å². The van der Waals surface area contributed by atoms with Gasteiger partial charge in [0.1, 0.15) is 17.8 Å². The highest BCUT2D eigenvalue weighted by molar-refractivity contribution is 7.92. The summed E-state index contributed by atoms with van der Waals surface area (Å²) >= 11 is 43.9. The van der Waals surface area contributed by atoms with E-state index in [1.807, 2.05) is 76.5 Å². The fourth-order valence-corrected chi connectivity index (χ4v) is 17.4. The molecule has 4 fully saturated rings. The predicted molar refractivity (Wildman–Crippen MR) is 467 cm³/mol. The zero-order valence-electron chi connectivity index (χ0n) is 66.0. The number of amides is 2. The molecule has 0 radical (unpaired) electrons. The minimum atomic E-state index is -3.48. The Morgan fingerprint density at radius 3 is 1.45 bits per heavy atom. The quantitative estimate of drug-likeness (QED) is 0.0886. The van der Waals surface area contributed by atoms with Crippen molar-refractivity contribution in [3.05, 3.63) is 216 Å². The highest BCUT2D eigenvalue weighted by Crippen LogP contribution is 2.41. The Morgan fingerprint density at radius 2 is 0.924 bits per heavy atom. The topological polar surface area (TPSA) is 279 Å². The first-order valence-electron chi connectivity index (χ1n) is 38.6. The molecule has 2 amide bonds. The lowest BCUT2D eigenvalue weighted by atomic mass is 10.1. The van der Waals surface area contributed by atoms with Gasteiger partial charge in [-0.2, -0.15) is 5.10 Å². The van der Waals surface area contributed by atoms with E-state index < -0.39 is 20.0 Å². The number of nitrogens with one attached hydrogen (secondary N) is 1. The van der Waals surface area contributed by atoms with Crippen LogP contribution in [0.3, 0.4) is 0 Å². The normalized spacial score (nSPS) is 15.8. The van der Waals surface area contributed by atoms with Crippen LogP contribution in [0.25, 0.3) is 67.6 Å². The van der Waals surface area contributed by atoms with Crippen LogP contribution in [0.1, 0.15) is 66.9 Å². The van der Waals surface area contributed by atoms with E-state index in [1.165, 1.54) is 48.9 Å². The summed E-state index contributed by atoms with van der Waals surface area (Å²) in [6, 6.07) is 27.5. The minimum absolute atomic E-state index is 0.0672. The molecule has 3 saturated heterocycles. The van der Waals surface area contributed by atoms with Crippen molar-refractivity contribution in [1.82, 2.24) is 102 Å². The number of pyridine rings is 1. The summed E-state index contributed by atoms with van der Waals surface area (Å²) in [6.45, 7) is 18.1. The Labute approximate surface area is 723 Å². The molecule has 622 valence electrons. The van der Waals surface area contributed by atoms with Crippen molar-refractivity contribution >= 4 is 147 Å². The standard InChI is InChI=1S/C21H21Cl2N7O2S.C21H24Cl2N6O3S.C20H22ClN5.C19H19Cl2N5O/c1-27(33(2,31)32)15-4-6-19-26-21(16-5-3-14(22)9-17(16)23)18(29(19)10-15)11-28-7-8-30-20(12-28)24-13-25-30;1-14(30)28-8-6-27(7-9-28)12-18-21(16-5-4-15(22)10-17(16)23)25-19-11-24-20(13-29(18)19)26(2)33(3,31)32;21-16-5-3-15(4-6-16)20-18(13-25-9-7-22-8-10-25)26-12-17(14-1-2-14)23-11-19(26)24-20;1-13(27)25-8-6-24(7-9-25)12-17-19(15-3-2-14(20)10-16(15)21)23-18-11-22-4-5-26(17)18/h3-6,9-10,13H,7-8,11-12H2,1-2H3;4-5,10-11,13H,6-9,12H2,1-3H3;3-6,11-12,14,22H,1-2,7-10,13H2;2-5,10-11H,6-9,12H2,1H3. The smallest absolute Gasteiger partial charge is 0.233 e. The molecule has 18 rings (SSSR count). The second-order valence-electron chi connectivity index (χ2n) is 29.9. The molecular formula is C81H86Cl7N23O6S2. The summed E-state index contributed by atoms with van der Waals surface area (Å²) in [5.74, 6) is 2.01. The van der Waals surface area contributed by atoms with Gasteiger partial charge in [-0.15, -0.1) is 0 Å². The third-order valence-corrected chi connectivity index (χ3v) is 26.1. The van der Waals surface area contributed by atoms with Gasteiger partial charge in [0, 0.05) is 212 Å². The van der Waals surface area contributed by atoms with Crippen molar-refractivity contribution in [2.75, 3.05) is 120 Å². The van der Waals surface area contributed by atoms with Gasteiger partial charge in [0.05, 0.1) is 122 Å². The summed E-state index contributed by atoms with van der Waals surface area (Å²) in [5, 5.41) is 11.6. The lowest BCUT2D eigenvalue weighted by Gasteiger charge is -2.34. The van der Waals surface area contributed by atoms with Gasteiger partial charge in [0.2, 0.25) is 31.9 Å². The molecule has 9 aromatic heterocycles. The fourth-order valence-electron chi connectivity index (χ4n) is 14.9. The van der Waals surface area contributed by atoms with Crippen LogP contribution in [0.5, 0.6) is 0 Å². The number of fused-ring (bicyclic) bond motifs is 5. The number of rotatable bonds is 17. The van der Waals surface area contributed by atoms with Gasteiger partial charge in [-0.05, 0) is 91.7 Å². The molecule has 38 heteroatoms. The first-order chi connectivity index (χ1) is 57.0. The van der Waals surface area contributed by atoms with E-state index in [-0.39, 0.29) is 17.6 Å². The van der Waals surface area contributed by atoms with Crippen molar-refractivity contribution in [3.8, 4) is 45.0 Å². The first-order valence-corrected chi connectivity index (χ1v) is 44.9. The van der Waals surface area contributed by atoms with Crippen molar-refractivity contribution in [2.45, 2.75) is 71.9 Å². The Hall–Kier alpha value is -9.16. The molecule has 29 nitrogen and oxygen atoms in total. The third kappa shape index (κ3) is 19.6. The van der Waals surface area contributed by atoms with Crippen LogP contribution >= 0.6 is 81.2 Å². The number of nitrogens with zero attached hydrogens (tertiary/aromatic N) is 22. The van der Waals surface area contributed by atoms with Crippen molar-refractivity contribution < 1.29 is 26.4 Å². The van der Waals surface area contributed by atoms with Crippen LogP contribution in [0.15, 0.2) is 147 Å². The molecule has 0 atom stereocenters. The Balaban J connectivity index is 0.000000124. The number of carbonyl (C=O) groups excluding carboxylic acids is 2. The average molecular weight is 1790 g/mol. The maximum atomic E-state index is 12.1. The molecule has 1 aliphatic carbocycles. The monoisotopic (exact) mass is 1790 g/mol. The number of halogens is 7. The predicted octanol–water partition coefficient (Wildman–Crippen LogP) is 12.8. The number of carbonyl (C=O) groups is 2. The van der Waals surface area contributed by atoms with E-state index in [9.17, 15) is 26.4 Å². The van der Waals surface area contributed by atoms with Gasteiger partial charge in [-0.25, -0.2) is 51.4 Å². The SMILES string of the molecule is CC(=O)N1CCN(Cc2c(-c3ccc(Cl)cc3Cl)nc3cnc(N(C)S(C)(=O)=O)cn23)CC1.CC(=O)N1CCN(Cc2c(-c3ccc(Cl)cc3Cl)nc3cnccn23)CC1.CN(c1ccc2nc(-c3ccc(Cl)cc3Cl)c(CN3CCn4ncnc4C3)n2c1)S(C)(=O)=O.Clc1ccc(-c2nc3cnc(C4CC4)cn3c2CN2CCNCC2)cc1. The Morgan fingerprint density at radius 1 is 0.471 bits per heavy atom. The van der Waals surface area contributed by atoms with Gasteiger partial charge >= 0.3 is 0 Å². The molecule has 4 aliphatic heterocycles. The fraction of sp³-hybridized carbons (Fsp3) is 0.346. The third-order valence-electron chi connectivity index (χ3n) is 21.8. The first kappa shape index (κ1) is 84.8. The molecular weight excluding hydrogens is 1700 g/mol. The molecule has 1 N–H and O–H groups in total. The number of piperazine rings is 3. The van der Waals surface area contributed by atoms with Crippen LogP contribution in [-0.2, 0) is 68.9 Å². The van der Waals surface area contributed by atoms with Crippen LogP contribution < -0.4 is 13.9 Å².